The molecule has 0 unspecified atom stereocenters. The Morgan fingerprint density at radius 2 is 1.51 bits per heavy atom. The van der Waals surface area contributed by atoms with Crippen LogP contribution in [0.4, 0.5) is 5.69 Å². The molecule has 2 heterocycles. The van der Waals surface area contributed by atoms with Crippen molar-refractivity contribution in [3.05, 3.63) is 107 Å². The van der Waals surface area contributed by atoms with Crippen molar-refractivity contribution in [1.82, 2.24) is 15.3 Å². The number of benzene rings is 2. The summed E-state index contributed by atoms with van der Waals surface area (Å²) in [5, 5.41) is 13.3. The van der Waals surface area contributed by atoms with E-state index in [1.807, 2.05) is 58.0 Å². The highest BCUT2D eigenvalue weighted by molar-refractivity contribution is 6.09. The van der Waals surface area contributed by atoms with Crippen molar-refractivity contribution in [3.63, 3.8) is 0 Å². The van der Waals surface area contributed by atoms with Crippen LogP contribution in [0.25, 0.3) is 11.1 Å². The molecule has 0 radical (unpaired) electrons. The predicted molar refractivity (Wildman–Crippen MR) is 171 cm³/mol. The molecule has 0 saturated heterocycles. The molecule has 2 amide bonds. The minimum absolute atomic E-state index is 0.0135. The highest BCUT2D eigenvalue weighted by Gasteiger charge is 2.27. The van der Waals surface area contributed by atoms with E-state index >= 15 is 0 Å². The van der Waals surface area contributed by atoms with Crippen molar-refractivity contribution in [2.24, 2.45) is 11.1 Å². The number of amides is 2. The third-order valence-electron chi connectivity index (χ3n) is 7.22. The zero-order valence-electron chi connectivity index (χ0n) is 25.8. The van der Waals surface area contributed by atoms with Gasteiger partial charge in [0.15, 0.2) is 5.69 Å². The maximum atomic E-state index is 13.6. The summed E-state index contributed by atoms with van der Waals surface area (Å²) in [5.41, 5.74) is 7.33. The van der Waals surface area contributed by atoms with E-state index in [0.29, 0.717) is 11.3 Å². The van der Waals surface area contributed by atoms with Crippen LogP contribution < -0.4 is 21.1 Å². The number of nitrogens with one attached hydrogen (secondary N) is 3. The van der Waals surface area contributed by atoms with Gasteiger partial charge in [-0.2, -0.15) is 0 Å². The molecular weight excluding hydrogens is 572 g/mol. The third-order valence-corrected chi connectivity index (χ3v) is 7.22. The summed E-state index contributed by atoms with van der Waals surface area (Å²) in [5.74, 6) is -1.77. The zero-order valence-corrected chi connectivity index (χ0v) is 25.8. The van der Waals surface area contributed by atoms with E-state index in [-0.39, 0.29) is 58.0 Å². The number of esters is 1. The highest BCUT2D eigenvalue weighted by atomic mass is 16.5. The first kappa shape index (κ1) is 32.3. The number of nitrogen functional groups attached to an aromatic ring is 1. The first-order valence-corrected chi connectivity index (χ1v) is 14.2. The Bertz CT molecular complexity index is 1720. The summed E-state index contributed by atoms with van der Waals surface area (Å²) in [6.45, 7) is 7.87. The number of nitrogens with zero attached hydrogens (tertiary/aromatic N) is 2. The van der Waals surface area contributed by atoms with Gasteiger partial charge < -0.3 is 25.8 Å². The lowest BCUT2D eigenvalue weighted by atomic mass is 9.88. The Labute approximate surface area is 261 Å². The standard InChI is InChI=1S/C34H36N6O5/c1-20(34(2,3)4)37-31(41)26-17-15-25(29(39-26)33(43)45-19-21-9-7-6-8-10-21)24-16-18-27(44-5)40-28(24)32(42)38-23-13-11-22(12-14-23)30(35)36/h6-18,20H,19H2,1-5H3,(H3,35,36)(H,37,41)(H,38,42)/t20-/m1/s1. The topological polar surface area (TPSA) is 169 Å². The number of rotatable bonds is 10. The number of nitrogens with two attached hydrogens (primary N) is 1. The fraction of sp³-hybridized carbons (Fsp3) is 0.235. The molecule has 1 atom stereocenters. The number of pyridine rings is 2. The molecule has 2 aromatic carbocycles. The van der Waals surface area contributed by atoms with Gasteiger partial charge in [-0.05, 0) is 60.4 Å². The fourth-order valence-corrected chi connectivity index (χ4v) is 4.11. The van der Waals surface area contributed by atoms with E-state index in [1.165, 1.54) is 13.2 Å². The van der Waals surface area contributed by atoms with Gasteiger partial charge in [0.1, 0.15) is 23.8 Å². The van der Waals surface area contributed by atoms with Crippen molar-refractivity contribution in [2.75, 3.05) is 12.4 Å². The lowest BCUT2D eigenvalue weighted by Crippen LogP contribution is -2.41. The quantitative estimate of drug-likeness (QED) is 0.108. The van der Waals surface area contributed by atoms with Crippen molar-refractivity contribution < 1.29 is 23.9 Å². The maximum absolute atomic E-state index is 13.6. The second kappa shape index (κ2) is 13.8. The Balaban J connectivity index is 1.76. The van der Waals surface area contributed by atoms with Crippen LogP contribution in [0.2, 0.25) is 0 Å². The predicted octanol–water partition coefficient (Wildman–Crippen LogP) is 5.21. The van der Waals surface area contributed by atoms with Crippen molar-refractivity contribution in [1.29, 1.82) is 5.41 Å². The number of aromatic nitrogens is 2. The van der Waals surface area contributed by atoms with E-state index in [9.17, 15) is 14.4 Å². The first-order chi connectivity index (χ1) is 21.4. The molecule has 5 N–H and O–H groups in total. The fourth-order valence-electron chi connectivity index (χ4n) is 4.11. The summed E-state index contributed by atoms with van der Waals surface area (Å²) in [4.78, 5) is 49.2. The monoisotopic (exact) mass is 608 g/mol. The van der Waals surface area contributed by atoms with Crippen molar-refractivity contribution >= 4 is 29.3 Å². The molecule has 11 heteroatoms. The Morgan fingerprint density at radius 3 is 2.13 bits per heavy atom. The molecule has 232 valence electrons. The molecule has 11 nitrogen and oxygen atoms in total. The summed E-state index contributed by atoms with van der Waals surface area (Å²) in [6, 6.07) is 21.6. The van der Waals surface area contributed by atoms with Crippen LogP contribution in [0.1, 0.15) is 70.3 Å². The van der Waals surface area contributed by atoms with Crippen LogP contribution in [0.3, 0.4) is 0 Å². The summed E-state index contributed by atoms with van der Waals surface area (Å²) in [7, 11) is 1.42. The van der Waals surface area contributed by atoms with Crippen LogP contribution in [-0.4, -0.2) is 46.7 Å². The molecule has 4 aromatic rings. The molecule has 45 heavy (non-hydrogen) atoms. The van der Waals surface area contributed by atoms with Crippen LogP contribution in [-0.2, 0) is 11.3 Å². The molecule has 0 aliphatic carbocycles. The van der Waals surface area contributed by atoms with E-state index in [1.54, 1.807) is 42.5 Å². The number of anilines is 1. The number of methoxy groups -OCH3 is 1. The maximum Gasteiger partial charge on any atom is 0.357 e. The minimum atomic E-state index is -0.783. The number of carbonyl (C=O) groups is 3. The largest absolute Gasteiger partial charge is 0.481 e. The second-order valence-electron chi connectivity index (χ2n) is 11.4. The normalized spacial score (nSPS) is 11.7. The van der Waals surface area contributed by atoms with Gasteiger partial charge in [-0.1, -0.05) is 51.1 Å². The third kappa shape index (κ3) is 8.08. The number of hydrogen-bond donors (Lipinski definition) is 4. The molecular formula is C34H36N6O5. The summed E-state index contributed by atoms with van der Waals surface area (Å²) >= 11 is 0. The van der Waals surface area contributed by atoms with Gasteiger partial charge in [0.05, 0.1) is 7.11 Å². The van der Waals surface area contributed by atoms with Gasteiger partial charge in [0, 0.05) is 34.5 Å². The molecule has 2 aromatic heterocycles. The van der Waals surface area contributed by atoms with Gasteiger partial charge in [-0.25, -0.2) is 14.8 Å². The van der Waals surface area contributed by atoms with E-state index in [2.05, 4.69) is 20.6 Å². The first-order valence-electron chi connectivity index (χ1n) is 14.2. The van der Waals surface area contributed by atoms with Crippen molar-refractivity contribution in [3.8, 4) is 17.0 Å². The molecule has 0 aliphatic rings. The van der Waals surface area contributed by atoms with Crippen molar-refractivity contribution in [2.45, 2.75) is 40.3 Å². The molecule has 0 bridgehead atoms. The average molecular weight is 609 g/mol. The Kier molecular flexibility index (Phi) is 9.92. The Morgan fingerprint density at radius 1 is 0.867 bits per heavy atom. The van der Waals surface area contributed by atoms with Crippen LogP contribution in [0, 0.1) is 10.8 Å². The SMILES string of the molecule is COc1ccc(-c2ccc(C(=O)N[C@H](C)C(C)(C)C)nc2C(=O)OCc2ccccc2)c(C(=O)Nc2ccc(C(=N)N)cc2)n1. The zero-order chi connectivity index (χ0) is 32.7. The summed E-state index contributed by atoms with van der Waals surface area (Å²) < 4.78 is 10.9. The van der Waals surface area contributed by atoms with Gasteiger partial charge in [-0.3, -0.25) is 15.0 Å². The van der Waals surface area contributed by atoms with Crippen LogP contribution in [0.5, 0.6) is 5.88 Å². The second-order valence-corrected chi connectivity index (χ2v) is 11.4. The molecule has 4 rings (SSSR count). The number of carbonyl (C=O) groups excluding carboxylic acids is 3. The average Bonchev–Trinajstić information content (AvgIpc) is 3.03. The van der Waals surface area contributed by atoms with Gasteiger partial charge >= 0.3 is 5.97 Å². The van der Waals surface area contributed by atoms with Gasteiger partial charge in [-0.15, -0.1) is 0 Å². The number of hydrogen-bond acceptors (Lipinski definition) is 8. The summed E-state index contributed by atoms with van der Waals surface area (Å²) in [6.07, 6.45) is 0. The molecule has 0 spiro atoms. The smallest absolute Gasteiger partial charge is 0.357 e. The number of ether oxygens (including phenoxy) is 2. The molecule has 0 fully saturated rings. The van der Waals surface area contributed by atoms with E-state index in [4.69, 9.17) is 20.6 Å². The molecule has 0 aliphatic heterocycles. The van der Waals surface area contributed by atoms with E-state index in [0.717, 1.165) is 5.56 Å². The number of amidine groups is 1. The molecule has 0 saturated carbocycles. The van der Waals surface area contributed by atoms with Gasteiger partial charge in [0.2, 0.25) is 5.88 Å². The lowest BCUT2D eigenvalue weighted by molar-refractivity contribution is 0.0466. The Hall–Kier alpha value is -5.58. The lowest BCUT2D eigenvalue weighted by Gasteiger charge is -2.28. The van der Waals surface area contributed by atoms with Gasteiger partial charge in [0.25, 0.3) is 11.8 Å². The highest BCUT2D eigenvalue weighted by Crippen LogP contribution is 2.30. The van der Waals surface area contributed by atoms with Crippen LogP contribution >= 0.6 is 0 Å². The van der Waals surface area contributed by atoms with Crippen LogP contribution in [0.15, 0.2) is 78.9 Å². The van der Waals surface area contributed by atoms with E-state index < -0.39 is 17.8 Å². The minimum Gasteiger partial charge on any atom is -0.481 e.